The number of fused-ring (bicyclic) bond motifs is 2. The molecule has 4 atom stereocenters. The van der Waals surface area contributed by atoms with Gasteiger partial charge in [0.2, 0.25) is 5.82 Å². The molecule has 0 heterocycles. The van der Waals surface area contributed by atoms with Crippen molar-refractivity contribution in [2.75, 3.05) is 6.61 Å². The maximum Gasteiger partial charge on any atom is 0.201 e. The molecule has 2 aliphatic rings. The van der Waals surface area contributed by atoms with Crippen LogP contribution in [0, 0.1) is 35.2 Å². The molecule has 2 aromatic carbocycles. The Morgan fingerprint density at radius 1 is 1.00 bits per heavy atom. The molecule has 2 unspecified atom stereocenters. The second-order valence-electron chi connectivity index (χ2n) is 8.62. The molecule has 0 amide bonds. The van der Waals surface area contributed by atoms with E-state index in [1.165, 1.54) is 31.4 Å². The fourth-order valence-corrected chi connectivity index (χ4v) is 5.35. The van der Waals surface area contributed by atoms with Crippen molar-refractivity contribution >= 4 is 10.8 Å². The molecule has 0 spiro atoms. The molecule has 4 heteroatoms. The summed E-state index contributed by atoms with van der Waals surface area (Å²) in [5.41, 5.74) is 0.530. The van der Waals surface area contributed by atoms with Gasteiger partial charge < -0.3 is 4.74 Å². The summed E-state index contributed by atoms with van der Waals surface area (Å²) in [5.74, 6) is -0.913. The lowest BCUT2D eigenvalue weighted by Crippen LogP contribution is -2.30. The second-order valence-corrected chi connectivity index (χ2v) is 8.62. The highest BCUT2D eigenvalue weighted by molar-refractivity contribution is 5.86. The molecular weight excluding hydrogens is 361 g/mol. The van der Waals surface area contributed by atoms with Crippen molar-refractivity contribution in [3.63, 3.8) is 0 Å². The van der Waals surface area contributed by atoms with Gasteiger partial charge in [-0.25, -0.2) is 8.78 Å². The Hall–Kier alpha value is -1.97. The number of hydrogen-bond acceptors (Lipinski definition) is 1. The smallest absolute Gasteiger partial charge is 0.201 e. The zero-order valence-electron chi connectivity index (χ0n) is 16.3. The summed E-state index contributed by atoms with van der Waals surface area (Å²) in [5, 5.41) is 0.0553. The molecule has 1 nitrogen and oxygen atoms in total. The first-order valence-corrected chi connectivity index (χ1v) is 10.3. The van der Waals surface area contributed by atoms with Crippen LogP contribution in [0.15, 0.2) is 30.9 Å². The lowest BCUT2D eigenvalue weighted by molar-refractivity contribution is 0.124. The number of halogens is 3. The van der Waals surface area contributed by atoms with Crippen molar-refractivity contribution in [3.05, 3.63) is 53.9 Å². The van der Waals surface area contributed by atoms with Crippen LogP contribution in [-0.4, -0.2) is 6.61 Å². The van der Waals surface area contributed by atoms with Crippen LogP contribution in [0.1, 0.15) is 56.9 Å². The third-order valence-corrected chi connectivity index (χ3v) is 6.79. The van der Waals surface area contributed by atoms with Gasteiger partial charge in [0.1, 0.15) is 12.4 Å². The Morgan fingerprint density at radius 2 is 1.75 bits per heavy atom. The number of benzene rings is 2. The highest BCUT2D eigenvalue weighted by Gasteiger charge is 2.36. The quantitative estimate of drug-likeness (QED) is 0.506. The predicted octanol–water partition coefficient (Wildman–Crippen LogP) is 7.14. The Labute approximate surface area is 164 Å². The van der Waals surface area contributed by atoms with Gasteiger partial charge in [0.05, 0.1) is 5.39 Å². The zero-order chi connectivity index (χ0) is 19.8. The van der Waals surface area contributed by atoms with Crippen LogP contribution in [0.4, 0.5) is 13.2 Å². The Morgan fingerprint density at radius 3 is 2.54 bits per heavy atom. The fraction of sp³-hybridized carbons (Fsp3) is 0.500. The van der Waals surface area contributed by atoms with Gasteiger partial charge in [-0.05, 0) is 72.8 Å². The van der Waals surface area contributed by atoms with Gasteiger partial charge in [0.25, 0.3) is 0 Å². The van der Waals surface area contributed by atoms with Crippen LogP contribution in [-0.2, 0) is 0 Å². The van der Waals surface area contributed by atoms with Gasteiger partial charge in [0, 0.05) is 0 Å². The van der Waals surface area contributed by atoms with Gasteiger partial charge in [-0.3, -0.25) is 0 Å². The van der Waals surface area contributed by atoms with Crippen molar-refractivity contribution in [2.45, 2.75) is 51.4 Å². The van der Waals surface area contributed by atoms with Crippen molar-refractivity contribution in [3.8, 4) is 5.75 Å². The molecule has 2 aromatic rings. The first-order valence-electron chi connectivity index (χ1n) is 10.3. The second kappa shape index (κ2) is 7.81. The van der Waals surface area contributed by atoms with E-state index in [9.17, 15) is 8.78 Å². The first kappa shape index (κ1) is 19.4. The standard InChI is InChI=1S/C24H27F3O/c1-3-10-28-20-13-18-8-9-19(22(25)21(18)24(27)23(20)26)17-7-6-15-11-14(2)4-5-16(15)12-17/h3,8-9,13-17H,1,4-7,10-12H2,2H3/t14?,15-,16?,17-/m1/s1. The molecule has 0 N–H and O–H groups in total. The minimum Gasteiger partial charge on any atom is -0.486 e. The van der Waals surface area contributed by atoms with Crippen molar-refractivity contribution < 1.29 is 17.9 Å². The molecule has 150 valence electrons. The summed E-state index contributed by atoms with van der Waals surface area (Å²) in [6.07, 6.45) is 8.12. The summed E-state index contributed by atoms with van der Waals surface area (Å²) in [6.45, 7) is 5.88. The third-order valence-electron chi connectivity index (χ3n) is 6.79. The molecule has 2 aliphatic carbocycles. The Bertz CT molecular complexity index is 891. The normalized spacial score (nSPS) is 27.4. The van der Waals surface area contributed by atoms with Crippen LogP contribution in [0.2, 0.25) is 0 Å². The molecule has 4 rings (SSSR count). The van der Waals surface area contributed by atoms with Crippen LogP contribution in [0.3, 0.4) is 0 Å². The summed E-state index contributed by atoms with van der Waals surface area (Å²) in [4.78, 5) is 0. The summed E-state index contributed by atoms with van der Waals surface area (Å²) < 4.78 is 49.5. The highest BCUT2D eigenvalue weighted by Crippen LogP contribution is 2.48. The molecule has 0 aliphatic heterocycles. The van der Waals surface area contributed by atoms with E-state index in [0.717, 1.165) is 31.1 Å². The largest absolute Gasteiger partial charge is 0.486 e. The summed E-state index contributed by atoms with van der Waals surface area (Å²) >= 11 is 0. The van der Waals surface area contributed by atoms with E-state index in [2.05, 4.69) is 13.5 Å². The van der Waals surface area contributed by atoms with E-state index >= 15 is 4.39 Å². The van der Waals surface area contributed by atoms with Crippen LogP contribution in [0.25, 0.3) is 10.8 Å². The molecule has 0 bridgehead atoms. The van der Waals surface area contributed by atoms with Crippen LogP contribution >= 0.6 is 0 Å². The van der Waals surface area contributed by atoms with Crippen molar-refractivity contribution in [1.82, 2.24) is 0 Å². The molecule has 28 heavy (non-hydrogen) atoms. The van der Waals surface area contributed by atoms with E-state index < -0.39 is 17.5 Å². The minimum atomic E-state index is -1.17. The van der Waals surface area contributed by atoms with Crippen LogP contribution < -0.4 is 4.74 Å². The number of rotatable bonds is 4. The van der Waals surface area contributed by atoms with Crippen LogP contribution in [0.5, 0.6) is 5.75 Å². The molecule has 2 saturated carbocycles. The minimum absolute atomic E-state index is 0.0612. The highest BCUT2D eigenvalue weighted by atomic mass is 19.2. The van der Waals surface area contributed by atoms with E-state index in [-0.39, 0.29) is 23.7 Å². The van der Waals surface area contributed by atoms with Crippen molar-refractivity contribution in [1.29, 1.82) is 0 Å². The zero-order valence-corrected chi connectivity index (χ0v) is 16.3. The molecule has 0 aromatic heterocycles. The third kappa shape index (κ3) is 3.42. The lowest BCUT2D eigenvalue weighted by Gasteiger charge is -2.41. The molecule has 2 fully saturated rings. The SMILES string of the molecule is C=CCOc1cc2ccc([C@@H]3CC[C@@H]4CC(C)CCC4C3)c(F)c2c(F)c1F. The molecular formula is C24H27F3O. The van der Waals surface area contributed by atoms with E-state index in [1.54, 1.807) is 12.1 Å². The average molecular weight is 388 g/mol. The fourth-order valence-electron chi connectivity index (χ4n) is 5.35. The number of ether oxygens (including phenoxy) is 1. The first-order chi connectivity index (χ1) is 13.5. The van der Waals surface area contributed by atoms with Gasteiger partial charge in [-0.15, -0.1) is 0 Å². The maximum atomic E-state index is 15.3. The topological polar surface area (TPSA) is 9.23 Å². The molecule has 0 radical (unpaired) electrons. The average Bonchev–Trinajstić information content (AvgIpc) is 2.69. The summed E-state index contributed by atoms with van der Waals surface area (Å²) in [6, 6.07) is 4.80. The van der Waals surface area contributed by atoms with Gasteiger partial charge >= 0.3 is 0 Å². The van der Waals surface area contributed by atoms with Gasteiger partial charge in [-0.2, -0.15) is 4.39 Å². The van der Waals surface area contributed by atoms with E-state index in [4.69, 9.17) is 4.74 Å². The molecule has 0 saturated heterocycles. The Balaban J connectivity index is 1.66. The van der Waals surface area contributed by atoms with E-state index in [1.807, 2.05) is 0 Å². The maximum absolute atomic E-state index is 15.3. The van der Waals surface area contributed by atoms with Crippen molar-refractivity contribution in [2.24, 2.45) is 17.8 Å². The Kier molecular flexibility index (Phi) is 5.39. The number of hydrogen-bond donors (Lipinski definition) is 0. The lowest BCUT2D eigenvalue weighted by atomic mass is 9.64. The monoisotopic (exact) mass is 388 g/mol. The predicted molar refractivity (Wildman–Crippen MR) is 106 cm³/mol. The van der Waals surface area contributed by atoms with Gasteiger partial charge in [0.15, 0.2) is 11.6 Å². The van der Waals surface area contributed by atoms with E-state index in [0.29, 0.717) is 16.9 Å². The van der Waals surface area contributed by atoms with Gasteiger partial charge in [-0.1, -0.05) is 38.1 Å². The summed E-state index contributed by atoms with van der Waals surface area (Å²) in [7, 11) is 0.